The van der Waals surface area contributed by atoms with Crippen LogP contribution >= 0.6 is 0 Å². The zero-order valence-corrected chi connectivity index (χ0v) is 8.87. The highest BCUT2D eigenvalue weighted by Gasteiger charge is 2.30. The summed E-state index contributed by atoms with van der Waals surface area (Å²) in [5.41, 5.74) is 0. The van der Waals surface area contributed by atoms with Crippen molar-refractivity contribution in [1.82, 2.24) is 5.32 Å². The van der Waals surface area contributed by atoms with E-state index in [1.54, 1.807) is 18.2 Å². The highest BCUT2D eigenvalue weighted by molar-refractivity contribution is 5.23. The third-order valence-electron chi connectivity index (χ3n) is 2.82. The van der Waals surface area contributed by atoms with E-state index in [-0.39, 0.29) is 5.82 Å². The van der Waals surface area contributed by atoms with Gasteiger partial charge in [-0.3, -0.25) is 0 Å². The van der Waals surface area contributed by atoms with E-state index in [0.717, 1.165) is 0 Å². The average Bonchev–Trinajstić information content (AvgIpc) is 3.06. The van der Waals surface area contributed by atoms with Crippen LogP contribution in [-0.2, 0) is 0 Å². The van der Waals surface area contributed by atoms with E-state index >= 15 is 0 Å². The number of rotatable bonds is 5. The summed E-state index contributed by atoms with van der Waals surface area (Å²) >= 11 is 0. The van der Waals surface area contributed by atoms with Crippen LogP contribution in [-0.4, -0.2) is 19.7 Å². The van der Waals surface area contributed by atoms with Crippen LogP contribution in [0.2, 0.25) is 0 Å². The highest BCUT2D eigenvalue weighted by atomic mass is 19.1. The third-order valence-corrected chi connectivity index (χ3v) is 2.82. The SMILES string of the molecule is CNC(COc1ccccc1F)C1CC1. The maximum absolute atomic E-state index is 13.2. The molecule has 1 aliphatic rings. The summed E-state index contributed by atoms with van der Waals surface area (Å²) < 4.78 is 18.7. The number of para-hydroxylation sites is 1. The van der Waals surface area contributed by atoms with Crippen molar-refractivity contribution < 1.29 is 9.13 Å². The minimum absolute atomic E-state index is 0.289. The van der Waals surface area contributed by atoms with Gasteiger partial charge in [-0.2, -0.15) is 0 Å². The Morgan fingerprint density at radius 3 is 2.80 bits per heavy atom. The van der Waals surface area contributed by atoms with Crippen LogP contribution in [0.15, 0.2) is 24.3 Å². The molecular formula is C12H16FNO. The molecule has 2 rings (SSSR count). The molecule has 2 nitrogen and oxygen atoms in total. The molecule has 82 valence electrons. The van der Waals surface area contributed by atoms with Crippen molar-refractivity contribution in [2.75, 3.05) is 13.7 Å². The van der Waals surface area contributed by atoms with Crippen molar-refractivity contribution >= 4 is 0 Å². The molecule has 15 heavy (non-hydrogen) atoms. The van der Waals surface area contributed by atoms with Gasteiger partial charge in [-0.1, -0.05) is 12.1 Å². The number of hydrogen-bond acceptors (Lipinski definition) is 2. The average molecular weight is 209 g/mol. The molecule has 1 aromatic carbocycles. The van der Waals surface area contributed by atoms with E-state index in [1.165, 1.54) is 18.9 Å². The maximum Gasteiger partial charge on any atom is 0.165 e. The number of ether oxygens (including phenoxy) is 1. The van der Waals surface area contributed by atoms with Crippen molar-refractivity contribution in [3.8, 4) is 5.75 Å². The van der Waals surface area contributed by atoms with Crippen molar-refractivity contribution in [3.63, 3.8) is 0 Å². The molecule has 0 heterocycles. The van der Waals surface area contributed by atoms with Crippen molar-refractivity contribution in [3.05, 3.63) is 30.1 Å². The molecule has 1 saturated carbocycles. The van der Waals surface area contributed by atoms with Gasteiger partial charge in [-0.15, -0.1) is 0 Å². The zero-order valence-electron chi connectivity index (χ0n) is 8.87. The number of halogens is 1. The van der Waals surface area contributed by atoms with Gasteiger partial charge >= 0.3 is 0 Å². The molecule has 0 radical (unpaired) electrons. The van der Waals surface area contributed by atoms with E-state index in [2.05, 4.69) is 5.32 Å². The summed E-state index contributed by atoms with van der Waals surface area (Å²) in [6, 6.07) is 6.88. The topological polar surface area (TPSA) is 21.3 Å². The molecule has 1 N–H and O–H groups in total. The lowest BCUT2D eigenvalue weighted by Gasteiger charge is -2.16. The fourth-order valence-electron chi connectivity index (χ4n) is 1.70. The first kappa shape index (κ1) is 10.4. The predicted molar refractivity (Wildman–Crippen MR) is 57.5 cm³/mol. The van der Waals surface area contributed by atoms with E-state index in [4.69, 9.17) is 4.74 Å². The molecule has 0 aliphatic heterocycles. The first-order valence-electron chi connectivity index (χ1n) is 5.36. The van der Waals surface area contributed by atoms with Gasteiger partial charge in [0, 0.05) is 6.04 Å². The molecule has 0 spiro atoms. The lowest BCUT2D eigenvalue weighted by atomic mass is 10.2. The fourth-order valence-corrected chi connectivity index (χ4v) is 1.70. The van der Waals surface area contributed by atoms with Gasteiger partial charge in [0.25, 0.3) is 0 Å². The number of nitrogens with one attached hydrogen (secondary N) is 1. The van der Waals surface area contributed by atoms with Crippen LogP contribution in [0.4, 0.5) is 4.39 Å². The van der Waals surface area contributed by atoms with Crippen LogP contribution in [0.1, 0.15) is 12.8 Å². The van der Waals surface area contributed by atoms with Gasteiger partial charge in [0.1, 0.15) is 6.61 Å². The van der Waals surface area contributed by atoms with Gasteiger partial charge in [0.2, 0.25) is 0 Å². The van der Waals surface area contributed by atoms with E-state index in [0.29, 0.717) is 24.3 Å². The van der Waals surface area contributed by atoms with Gasteiger partial charge in [-0.25, -0.2) is 4.39 Å². The lowest BCUT2D eigenvalue weighted by molar-refractivity contribution is 0.246. The van der Waals surface area contributed by atoms with Crippen molar-refractivity contribution in [1.29, 1.82) is 0 Å². The second-order valence-electron chi connectivity index (χ2n) is 3.97. The second kappa shape index (κ2) is 4.62. The Morgan fingerprint density at radius 2 is 2.20 bits per heavy atom. The standard InChI is InChI=1S/C12H16FNO/c1-14-11(9-6-7-9)8-15-12-5-3-2-4-10(12)13/h2-5,9,11,14H,6-8H2,1H3. The van der Waals surface area contributed by atoms with Crippen LogP contribution < -0.4 is 10.1 Å². The predicted octanol–water partition coefficient (Wildman–Crippen LogP) is 2.20. The molecule has 0 amide bonds. The van der Waals surface area contributed by atoms with Gasteiger partial charge < -0.3 is 10.1 Å². The Hall–Kier alpha value is -1.09. The van der Waals surface area contributed by atoms with Crippen molar-refractivity contribution in [2.45, 2.75) is 18.9 Å². The van der Waals surface area contributed by atoms with Crippen LogP contribution in [0, 0.1) is 11.7 Å². The normalized spacial score (nSPS) is 17.5. The summed E-state index contributed by atoms with van der Waals surface area (Å²) in [6.45, 7) is 0.544. The Bertz CT molecular complexity index is 325. The molecule has 0 bridgehead atoms. The monoisotopic (exact) mass is 209 g/mol. The van der Waals surface area contributed by atoms with Crippen LogP contribution in [0.3, 0.4) is 0 Å². The molecule has 0 saturated heterocycles. The quantitative estimate of drug-likeness (QED) is 0.802. The number of hydrogen-bond donors (Lipinski definition) is 1. The maximum atomic E-state index is 13.2. The summed E-state index contributed by atoms with van der Waals surface area (Å²) in [6.07, 6.45) is 2.51. The molecule has 0 aromatic heterocycles. The molecule has 1 unspecified atom stereocenters. The number of benzene rings is 1. The van der Waals surface area contributed by atoms with Crippen LogP contribution in [0.25, 0.3) is 0 Å². The first-order valence-corrected chi connectivity index (χ1v) is 5.36. The molecule has 1 aromatic rings. The first-order chi connectivity index (χ1) is 7.31. The Labute approximate surface area is 89.4 Å². The second-order valence-corrected chi connectivity index (χ2v) is 3.97. The lowest BCUT2D eigenvalue weighted by Crippen LogP contribution is -2.33. The highest BCUT2D eigenvalue weighted by Crippen LogP contribution is 2.32. The zero-order chi connectivity index (χ0) is 10.7. The largest absolute Gasteiger partial charge is 0.489 e. The smallest absolute Gasteiger partial charge is 0.165 e. The third kappa shape index (κ3) is 2.69. The molecular weight excluding hydrogens is 193 g/mol. The minimum Gasteiger partial charge on any atom is -0.489 e. The fraction of sp³-hybridized carbons (Fsp3) is 0.500. The number of likely N-dealkylation sites (N-methyl/N-ethyl adjacent to an activating group) is 1. The van der Waals surface area contributed by atoms with E-state index < -0.39 is 0 Å². The van der Waals surface area contributed by atoms with Gasteiger partial charge in [0.05, 0.1) is 0 Å². The van der Waals surface area contributed by atoms with Gasteiger partial charge in [-0.05, 0) is 37.9 Å². The Morgan fingerprint density at radius 1 is 1.47 bits per heavy atom. The summed E-state index contributed by atoms with van der Waals surface area (Å²) in [7, 11) is 1.92. The van der Waals surface area contributed by atoms with Crippen LogP contribution in [0.5, 0.6) is 5.75 Å². The summed E-state index contributed by atoms with van der Waals surface area (Å²) in [4.78, 5) is 0. The summed E-state index contributed by atoms with van der Waals surface area (Å²) in [5.74, 6) is 0.767. The Balaban J connectivity index is 1.89. The van der Waals surface area contributed by atoms with E-state index in [1.807, 2.05) is 7.05 Å². The minimum atomic E-state index is -0.289. The van der Waals surface area contributed by atoms with Gasteiger partial charge in [0.15, 0.2) is 11.6 Å². The molecule has 1 aliphatic carbocycles. The molecule has 1 atom stereocenters. The molecule has 3 heteroatoms. The van der Waals surface area contributed by atoms with E-state index in [9.17, 15) is 4.39 Å². The van der Waals surface area contributed by atoms with Crippen molar-refractivity contribution in [2.24, 2.45) is 5.92 Å². The Kier molecular flexibility index (Phi) is 3.21. The molecule has 1 fully saturated rings. The summed E-state index contributed by atoms with van der Waals surface area (Å²) in [5, 5.41) is 3.21.